The molecule has 6 rings (SSSR count). The Balaban J connectivity index is 1.13. The molecule has 1 aliphatic carbocycles. The third kappa shape index (κ3) is 4.57. The molecule has 4 heterocycles. The van der Waals surface area contributed by atoms with Crippen LogP contribution < -0.4 is 10.2 Å². The zero-order valence-corrected chi connectivity index (χ0v) is 21.5. The minimum absolute atomic E-state index is 0.0687. The van der Waals surface area contributed by atoms with Gasteiger partial charge in [-0.15, -0.1) is 0 Å². The lowest BCUT2D eigenvalue weighted by molar-refractivity contribution is -0.117. The number of pyridine rings is 1. The molecule has 0 bridgehead atoms. The lowest BCUT2D eigenvalue weighted by atomic mass is 9.93. The van der Waals surface area contributed by atoms with Crippen molar-refractivity contribution in [2.75, 3.05) is 62.8 Å². The minimum atomic E-state index is -0.961. The van der Waals surface area contributed by atoms with Crippen molar-refractivity contribution in [3.63, 3.8) is 0 Å². The second kappa shape index (κ2) is 9.71. The highest BCUT2D eigenvalue weighted by Crippen LogP contribution is 2.48. The van der Waals surface area contributed by atoms with E-state index in [-0.39, 0.29) is 18.4 Å². The molecule has 9 heteroatoms. The molecule has 3 saturated heterocycles. The summed E-state index contributed by atoms with van der Waals surface area (Å²) in [5.41, 5.74) is 0.405. The topological polar surface area (TPSA) is 66.9 Å². The van der Waals surface area contributed by atoms with Crippen LogP contribution in [-0.2, 0) is 14.3 Å². The van der Waals surface area contributed by atoms with Gasteiger partial charge >= 0.3 is 0 Å². The van der Waals surface area contributed by atoms with Gasteiger partial charge in [0.15, 0.2) is 0 Å². The SMILES string of the molecule is C[C@@]1(N2CCN(c3cc4cc(NC(=O)C5CC5C5CCOCC5)ncc4cc3Cl)CC2)COC[C@@H]1F. The number of anilines is 2. The maximum absolute atomic E-state index is 14.5. The van der Waals surface area contributed by atoms with Crippen molar-refractivity contribution < 1.29 is 18.7 Å². The number of hydrogen-bond donors (Lipinski definition) is 1. The average Bonchev–Trinajstić information content (AvgIpc) is 3.63. The van der Waals surface area contributed by atoms with E-state index in [1.807, 2.05) is 19.1 Å². The Morgan fingerprint density at radius 3 is 2.64 bits per heavy atom. The van der Waals surface area contributed by atoms with E-state index in [2.05, 4.69) is 26.2 Å². The fourth-order valence-electron chi connectivity index (χ4n) is 6.25. The third-order valence-electron chi connectivity index (χ3n) is 8.76. The van der Waals surface area contributed by atoms with E-state index in [0.717, 1.165) is 75.1 Å². The number of hydrogen-bond acceptors (Lipinski definition) is 6. The van der Waals surface area contributed by atoms with Gasteiger partial charge in [0.05, 0.1) is 29.5 Å². The molecule has 1 N–H and O–H groups in total. The van der Waals surface area contributed by atoms with E-state index in [1.165, 1.54) is 0 Å². The molecule has 36 heavy (non-hydrogen) atoms. The Hall–Kier alpha value is -2.00. The summed E-state index contributed by atoms with van der Waals surface area (Å²) in [4.78, 5) is 21.8. The van der Waals surface area contributed by atoms with Crippen LogP contribution in [0.15, 0.2) is 24.4 Å². The Morgan fingerprint density at radius 2 is 1.92 bits per heavy atom. The van der Waals surface area contributed by atoms with Crippen LogP contribution in [0.2, 0.25) is 5.02 Å². The van der Waals surface area contributed by atoms with E-state index < -0.39 is 11.7 Å². The molecular weight excluding hydrogens is 483 g/mol. The first kappa shape index (κ1) is 24.3. The number of nitrogens with one attached hydrogen (secondary N) is 1. The average molecular weight is 517 g/mol. The summed E-state index contributed by atoms with van der Waals surface area (Å²) in [7, 11) is 0. The lowest BCUT2D eigenvalue weighted by Gasteiger charge is -2.44. The summed E-state index contributed by atoms with van der Waals surface area (Å²) in [5.74, 6) is 1.80. The van der Waals surface area contributed by atoms with Crippen LogP contribution in [0.1, 0.15) is 26.2 Å². The van der Waals surface area contributed by atoms with Crippen LogP contribution in [-0.4, -0.2) is 80.1 Å². The van der Waals surface area contributed by atoms with Crippen LogP contribution in [0.3, 0.4) is 0 Å². The predicted molar refractivity (Wildman–Crippen MR) is 138 cm³/mol. The first-order valence-corrected chi connectivity index (χ1v) is 13.5. The summed E-state index contributed by atoms with van der Waals surface area (Å²) in [5, 5.41) is 5.63. The Morgan fingerprint density at radius 1 is 1.14 bits per heavy atom. The Labute approximate surface area is 216 Å². The normalized spacial score (nSPS) is 31.6. The number of carbonyl (C=O) groups excluding carboxylic acids is 1. The molecule has 194 valence electrons. The summed E-state index contributed by atoms with van der Waals surface area (Å²) in [6, 6.07) is 5.94. The molecule has 7 nitrogen and oxygen atoms in total. The third-order valence-corrected chi connectivity index (χ3v) is 9.07. The number of halogens is 2. The highest BCUT2D eigenvalue weighted by Gasteiger charge is 2.48. The van der Waals surface area contributed by atoms with Gasteiger partial charge in [0.1, 0.15) is 12.0 Å². The fraction of sp³-hybridized carbons (Fsp3) is 0.630. The van der Waals surface area contributed by atoms with Gasteiger partial charge in [0, 0.05) is 56.9 Å². The van der Waals surface area contributed by atoms with Crippen molar-refractivity contribution in [1.82, 2.24) is 9.88 Å². The van der Waals surface area contributed by atoms with E-state index >= 15 is 0 Å². The molecule has 4 aliphatic rings. The molecule has 0 spiro atoms. The number of piperazine rings is 1. The van der Waals surface area contributed by atoms with Crippen LogP contribution in [0.25, 0.3) is 10.8 Å². The predicted octanol–water partition coefficient (Wildman–Crippen LogP) is 4.14. The van der Waals surface area contributed by atoms with Crippen LogP contribution in [0, 0.1) is 17.8 Å². The maximum Gasteiger partial charge on any atom is 0.228 e. The first-order valence-electron chi connectivity index (χ1n) is 13.1. The van der Waals surface area contributed by atoms with Crippen molar-refractivity contribution >= 4 is 39.8 Å². The number of fused-ring (bicyclic) bond motifs is 1. The van der Waals surface area contributed by atoms with E-state index in [4.69, 9.17) is 21.1 Å². The zero-order chi connectivity index (χ0) is 24.9. The number of alkyl halides is 1. The van der Waals surface area contributed by atoms with Crippen molar-refractivity contribution in [3.05, 3.63) is 29.4 Å². The van der Waals surface area contributed by atoms with Crippen LogP contribution in [0.5, 0.6) is 0 Å². The molecule has 4 atom stereocenters. The summed E-state index contributed by atoms with van der Waals surface area (Å²) in [6.45, 7) is 7.22. The molecular formula is C27H34ClFN4O3. The number of carbonyl (C=O) groups is 1. The zero-order valence-electron chi connectivity index (χ0n) is 20.7. The molecule has 3 aliphatic heterocycles. The number of rotatable bonds is 5. The summed E-state index contributed by atoms with van der Waals surface area (Å²) >= 11 is 6.67. The molecule has 2 aromatic rings. The van der Waals surface area contributed by atoms with Crippen LogP contribution >= 0.6 is 11.6 Å². The lowest BCUT2D eigenvalue weighted by Crippen LogP contribution is -2.59. The van der Waals surface area contributed by atoms with Crippen molar-refractivity contribution in [3.8, 4) is 0 Å². The van der Waals surface area contributed by atoms with Crippen molar-refractivity contribution in [2.45, 2.75) is 37.9 Å². The first-order chi connectivity index (χ1) is 17.4. The van der Waals surface area contributed by atoms with Gasteiger partial charge in [0.25, 0.3) is 0 Å². The van der Waals surface area contributed by atoms with Gasteiger partial charge in [0.2, 0.25) is 5.91 Å². The molecule has 1 aromatic heterocycles. The molecule has 1 amide bonds. The number of ether oxygens (including phenoxy) is 2. The Kier molecular flexibility index (Phi) is 6.56. The van der Waals surface area contributed by atoms with E-state index in [0.29, 0.717) is 29.3 Å². The summed E-state index contributed by atoms with van der Waals surface area (Å²) < 4.78 is 25.3. The van der Waals surface area contributed by atoms with Gasteiger partial charge in [-0.25, -0.2) is 9.37 Å². The van der Waals surface area contributed by atoms with Gasteiger partial charge in [-0.05, 0) is 61.6 Å². The van der Waals surface area contributed by atoms with E-state index in [9.17, 15) is 9.18 Å². The maximum atomic E-state index is 14.5. The largest absolute Gasteiger partial charge is 0.381 e. The Bertz CT molecular complexity index is 1140. The molecule has 2 unspecified atom stereocenters. The quantitative estimate of drug-likeness (QED) is 0.644. The number of amides is 1. The minimum Gasteiger partial charge on any atom is -0.381 e. The smallest absolute Gasteiger partial charge is 0.228 e. The van der Waals surface area contributed by atoms with Crippen molar-refractivity contribution in [1.29, 1.82) is 0 Å². The van der Waals surface area contributed by atoms with Crippen molar-refractivity contribution in [2.24, 2.45) is 17.8 Å². The standard InChI is InChI=1S/C27H34ClFN4O3/c1-27(16-36-15-24(27)29)33-6-4-32(5-7-33)23-11-18-12-25(30-14-19(18)10-22(23)28)31-26(34)21-13-20(21)17-2-8-35-9-3-17/h10-12,14,17,20-21,24H,2-9,13,15-16H2,1H3,(H,30,31,34)/t20?,21?,24-,27+/m0/s1. The van der Waals surface area contributed by atoms with Gasteiger partial charge in [-0.1, -0.05) is 11.6 Å². The second-order valence-electron chi connectivity index (χ2n) is 11.0. The van der Waals surface area contributed by atoms with Crippen LogP contribution in [0.4, 0.5) is 15.9 Å². The molecule has 1 aromatic carbocycles. The van der Waals surface area contributed by atoms with E-state index in [1.54, 1.807) is 6.20 Å². The van der Waals surface area contributed by atoms with Gasteiger partial charge in [-0.3, -0.25) is 9.69 Å². The number of benzene rings is 1. The molecule has 4 fully saturated rings. The molecule has 0 radical (unpaired) electrons. The second-order valence-corrected chi connectivity index (χ2v) is 11.4. The number of aromatic nitrogens is 1. The molecule has 1 saturated carbocycles. The number of nitrogens with zero attached hydrogens (tertiary/aromatic N) is 3. The highest BCUT2D eigenvalue weighted by molar-refractivity contribution is 6.34. The monoisotopic (exact) mass is 516 g/mol. The van der Waals surface area contributed by atoms with Gasteiger partial charge < -0.3 is 19.7 Å². The fourth-order valence-corrected chi connectivity index (χ4v) is 6.54. The highest BCUT2D eigenvalue weighted by atomic mass is 35.5. The summed E-state index contributed by atoms with van der Waals surface area (Å²) in [6.07, 6.45) is 3.88. The van der Waals surface area contributed by atoms with Gasteiger partial charge in [-0.2, -0.15) is 0 Å².